The number of benzene rings is 1. The molecule has 0 atom stereocenters. The number of hydrogen-bond donors (Lipinski definition) is 2. The first-order valence-corrected chi connectivity index (χ1v) is 5.15. The van der Waals surface area contributed by atoms with Crippen LogP contribution in [0, 0.1) is 0 Å². The van der Waals surface area contributed by atoms with Crippen molar-refractivity contribution in [3.8, 4) is 0 Å². The van der Waals surface area contributed by atoms with Gasteiger partial charge in [-0.3, -0.25) is 0 Å². The van der Waals surface area contributed by atoms with E-state index in [1.165, 1.54) is 5.56 Å². The van der Waals surface area contributed by atoms with Gasteiger partial charge in [-0.15, -0.1) is 0 Å². The molecule has 1 heterocycles. The van der Waals surface area contributed by atoms with Gasteiger partial charge in [0.05, 0.1) is 6.54 Å². The maximum atomic E-state index is 5.48. The largest absolute Gasteiger partial charge is 0.345 e. The standard InChI is InChI=1S/C12H15N3/c13-8-12-14-9-11(15-12)7-6-10-4-2-1-3-5-10/h1-5,9H,6-8,13H2,(H,14,15). The van der Waals surface area contributed by atoms with E-state index in [0.717, 1.165) is 24.4 Å². The van der Waals surface area contributed by atoms with E-state index in [1.54, 1.807) is 0 Å². The maximum absolute atomic E-state index is 5.48. The van der Waals surface area contributed by atoms with E-state index in [-0.39, 0.29) is 0 Å². The number of aryl methyl sites for hydroxylation is 2. The molecule has 0 saturated carbocycles. The molecule has 0 radical (unpaired) electrons. The molecule has 78 valence electrons. The molecule has 2 aromatic rings. The van der Waals surface area contributed by atoms with Crippen molar-refractivity contribution in [1.29, 1.82) is 0 Å². The second-order valence-corrected chi connectivity index (χ2v) is 3.54. The molecule has 15 heavy (non-hydrogen) atoms. The third-order valence-corrected chi connectivity index (χ3v) is 2.40. The molecule has 3 nitrogen and oxygen atoms in total. The van der Waals surface area contributed by atoms with Crippen LogP contribution in [0.4, 0.5) is 0 Å². The molecule has 0 fully saturated rings. The van der Waals surface area contributed by atoms with Gasteiger partial charge in [-0.2, -0.15) is 0 Å². The Morgan fingerprint density at radius 2 is 1.93 bits per heavy atom. The van der Waals surface area contributed by atoms with E-state index in [2.05, 4.69) is 34.2 Å². The zero-order chi connectivity index (χ0) is 10.5. The molecule has 0 aliphatic rings. The Kier molecular flexibility index (Phi) is 3.15. The van der Waals surface area contributed by atoms with Crippen LogP contribution in [0.3, 0.4) is 0 Å². The molecule has 0 bridgehead atoms. The van der Waals surface area contributed by atoms with Crippen LogP contribution in [0.2, 0.25) is 0 Å². The predicted molar refractivity (Wildman–Crippen MR) is 60.3 cm³/mol. The number of hydrogen-bond acceptors (Lipinski definition) is 2. The molecule has 1 aromatic carbocycles. The molecular weight excluding hydrogens is 186 g/mol. The lowest BCUT2D eigenvalue weighted by Crippen LogP contribution is -1.98. The summed E-state index contributed by atoms with van der Waals surface area (Å²) in [7, 11) is 0. The molecule has 3 N–H and O–H groups in total. The minimum Gasteiger partial charge on any atom is -0.345 e. The first-order chi connectivity index (χ1) is 7.38. The number of nitrogens with zero attached hydrogens (tertiary/aromatic N) is 1. The Balaban J connectivity index is 1.93. The summed E-state index contributed by atoms with van der Waals surface area (Å²) in [4.78, 5) is 7.36. The Morgan fingerprint density at radius 3 is 2.60 bits per heavy atom. The van der Waals surface area contributed by atoms with Gasteiger partial charge in [0.15, 0.2) is 0 Å². The van der Waals surface area contributed by atoms with Gasteiger partial charge in [-0.25, -0.2) is 4.98 Å². The number of nitrogens with two attached hydrogens (primary N) is 1. The summed E-state index contributed by atoms with van der Waals surface area (Å²) in [5, 5.41) is 0. The van der Waals surface area contributed by atoms with Gasteiger partial charge in [-0.1, -0.05) is 30.3 Å². The van der Waals surface area contributed by atoms with E-state index in [4.69, 9.17) is 5.73 Å². The lowest BCUT2D eigenvalue weighted by atomic mass is 10.1. The fourth-order valence-corrected chi connectivity index (χ4v) is 1.56. The summed E-state index contributed by atoms with van der Waals surface area (Å²) in [6.45, 7) is 0.478. The third-order valence-electron chi connectivity index (χ3n) is 2.40. The SMILES string of the molecule is NCc1ncc(CCc2ccccc2)[nH]1. The lowest BCUT2D eigenvalue weighted by molar-refractivity contribution is 0.895. The Morgan fingerprint density at radius 1 is 1.13 bits per heavy atom. The van der Waals surface area contributed by atoms with Crippen LogP contribution in [-0.2, 0) is 19.4 Å². The van der Waals surface area contributed by atoms with Gasteiger partial charge in [0.1, 0.15) is 5.82 Å². The molecule has 0 amide bonds. The van der Waals surface area contributed by atoms with Crippen LogP contribution in [0.5, 0.6) is 0 Å². The smallest absolute Gasteiger partial charge is 0.120 e. The zero-order valence-electron chi connectivity index (χ0n) is 8.61. The molecule has 0 aliphatic heterocycles. The molecule has 0 aliphatic carbocycles. The van der Waals surface area contributed by atoms with Crippen molar-refractivity contribution in [2.45, 2.75) is 19.4 Å². The molecular formula is C12H15N3. The second kappa shape index (κ2) is 4.75. The van der Waals surface area contributed by atoms with Gasteiger partial charge >= 0.3 is 0 Å². The van der Waals surface area contributed by atoms with Crippen molar-refractivity contribution in [1.82, 2.24) is 9.97 Å². The number of aromatic nitrogens is 2. The van der Waals surface area contributed by atoms with E-state index >= 15 is 0 Å². The number of aromatic amines is 1. The third kappa shape index (κ3) is 2.67. The van der Waals surface area contributed by atoms with Crippen molar-refractivity contribution in [3.05, 3.63) is 53.6 Å². The summed E-state index contributed by atoms with van der Waals surface area (Å²) < 4.78 is 0. The highest BCUT2D eigenvalue weighted by Gasteiger charge is 1.99. The van der Waals surface area contributed by atoms with E-state index < -0.39 is 0 Å². The Labute approximate surface area is 89.4 Å². The van der Waals surface area contributed by atoms with Crippen LogP contribution >= 0.6 is 0 Å². The number of nitrogens with one attached hydrogen (secondary N) is 1. The monoisotopic (exact) mass is 201 g/mol. The molecule has 0 unspecified atom stereocenters. The molecule has 3 heteroatoms. The first kappa shape index (κ1) is 9.93. The minimum absolute atomic E-state index is 0.478. The van der Waals surface area contributed by atoms with Gasteiger partial charge in [0.25, 0.3) is 0 Å². The van der Waals surface area contributed by atoms with E-state index in [1.807, 2.05) is 12.3 Å². The highest BCUT2D eigenvalue weighted by molar-refractivity contribution is 5.16. The van der Waals surface area contributed by atoms with Gasteiger partial charge in [0, 0.05) is 11.9 Å². The minimum atomic E-state index is 0.478. The summed E-state index contributed by atoms with van der Waals surface area (Å²) in [6, 6.07) is 10.4. The summed E-state index contributed by atoms with van der Waals surface area (Å²) in [5.41, 5.74) is 7.98. The normalized spacial score (nSPS) is 10.5. The molecule has 1 aromatic heterocycles. The van der Waals surface area contributed by atoms with Crippen LogP contribution in [0.15, 0.2) is 36.5 Å². The summed E-state index contributed by atoms with van der Waals surface area (Å²) in [6.07, 6.45) is 3.88. The van der Waals surface area contributed by atoms with Crippen molar-refractivity contribution < 1.29 is 0 Å². The Bertz CT molecular complexity index is 406. The number of imidazole rings is 1. The molecule has 0 spiro atoms. The fourth-order valence-electron chi connectivity index (χ4n) is 1.56. The van der Waals surface area contributed by atoms with Crippen LogP contribution in [0.1, 0.15) is 17.1 Å². The maximum Gasteiger partial charge on any atom is 0.120 e. The number of rotatable bonds is 4. The van der Waals surface area contributed by atoms with Crippen LogP contribution in [0.25, 0.3) is 0 Å². The highest BCUT2D eigenvalue weighted by atomic mass is 14.9. The molecule has 0 saturated heterocycles. The average molecular weight is 201 g/mol. The van der Waals surface area contributed by atoms with Crippen molar-refractivity contribution in [2.24, 2.45) is 5.73 Å². The summed E-state index contributed by atoms with van der Waals surface area (Å²) >= 11 is 0. The van der Waals surface area contributed by atoms with E-state index in [9.17, 15) is 0 Å². The van der Waals surface area contributed by atoms with Crippen LogP contribution in [-0.4, -0.2) is 9.97 Å². The molecule has 2 rings (SSSR count). The first-order valence-electron chi connectivity index (χ1n) is 5.15. The fraction of sp³-hybridized carbons (Fsp3) is 0.250. The van der Waals surface area contributed by atoms with E-state index in [0.29, 0.717) is 6.54 Å². The van der Waals surface area contributed by atoms with Crippen molar-refractivity contribution in [2.75, 3.05) is 0 Å². The lowest BCUT2D eigenvalue weighted by Gasteiger charge is -1.98. The predicted octanol–water partition coefficient (Wildman–Crippen LogP) is 1.65. The highest BCUT2D eigenvalue weighted by Crippen LogP contribution is 2.05. The van der Waals surface area contributed by atoms with Gasteiger partial charge < -0.3 is 10.7 Å². The second-order valence-electron chi connectivity index (χ2n) is 3.54. The van der Waals surface area contributed by atoms with Crippen molar-refractivity contribution >= 4 is 0 Å². The van der Waals surface area contributed by atoms with Crippen molar-refractivity contribution in [3.63, 3.8) is 0 Å². The number of H-pyrrole nitrogens is 1. The topological polar surface area (TPSA) is 54.7 Å². The quantitative estimate of drug-likeness (QED) is 0.790. The average Bonchev–Trinajstić information content (AvgIpc) is 2.76. The van der Waals surface area contributed by atoms with Gasteiger partial charge in [0.2, 0.25) is 0 Å². The van der Waals surface area contributed by atoms with Crippen LogP contribution < -0.4 is 5.73 Å². The zero-order valence-corrected chi connectivity index (χ0v) is 8.61. The van der Waals surface area contributed by atoms with Gasteiger partial charge in [-0.05, 0) is 18.4 Å². The Hall–Kier alpha value is -1.61. The summed E-state index contributed by atoms with van der Waals surface area (Å²) in [5.74, 6) is 0.859.